The van der Waals surface area contributed by atoms with Gasteiger partial charge in [-0.05, 0) is 52.3 Å². The summed E-state index contributed by atoms with van der Waals surface area (Å²) in [5, 5.41) is 4.24. The molecule has 160 valence electrons. The van der Waals surface area contributed by atoms with Crippen LogP contribution in [0.5, 0.6) is 5.75 Å². The summed E-state index contributed by atoms with van der Waals surface area (Å²) in [6, 6.07) is 3.15. The van der Waals surface area contributed by atoms with Crippen LogP contribution in [0.1, 0.15) is 39.7 Å². The molecule has 1 atom stereocenters. The third-order valence-electron chi connectivity index (χ3n) is 5.39. The Kier molecular flexibility index (Phi) is 7.81. The molecule has 1 N–H and O–H groups in total. The normalized spacial score (nSPS) is 18.0. The molecule has 0 radical (unpaired) electrons. The molecule has 8 heteroatoms. The van der Waals surface area contributed by atoms with Crippen molar-refractivity contribution >= 4 is 35.9 Å². The fourth-order valence-electron chi connectivity index (χ4n) is 2.59. The van der Waals surface area contributed by atoms with Gasteiger partial charge in [-0.1, -0.05) is 33.8 Å². The first-order valence-electron chi connectivity index (χ1n) is 9.70. The first kappa shape index (κ1) is 23.8. The second-order valence-corrected chi connectivity index (χ2v) is 14.4. The van der Waals surface area contributed by atoms with Crippen LogP contribution in [-0.2, 0) is 9.22 Å². The standard InChI is InChI=1S/C21H30BrFN2O3Si/c1-14-11-18(26)24-25-19(14)15-12-16(22)20(17(23)13-15)27-9-7-8-10-28-29(5,6)21(2,3)4/h7-8,12-14H,9-11H2,1-6H3,(H,24,26)/b8-7-. The van der Waals surface area contributed by atoms with Crippen LogP contribution in [0.2, 0.25) is 18.1 Å². The van der Waals surface area contributed by atoms with Crippen LogP contribution in [0, 0.1) is 11.7 Å². The fourth-order valence-corrected chi connectivity index (χ4v) is 4.08. The van der Waals surface area contributed by atoms with E-state index in [1.807, 2.05) is 19.1 Å². The van der Waals surface area contributed by atoms with Crippen molar-refractivity contribution in [3.63, 3.8) is 0 Å². The average Bonchev–Trinajstić information content (AvgIpc) is 2.58. The Hall–Kier alpha value is -1.51. The number of hydrazone groups is 1. The Morgan fingerprint density at radius 2 is 1.97 bits per heavy atom. The van der Waals surface area contributed by atoms with Crippen LogP contribution >= 0.6 is 15.9 Å². The van der Waals surface area contributed by atoms with Crippen molar-refractivity contribution in [1.82, 2.24) is 5.43 Å². The van der Waals surface area contributed by atoms with E-state index in [0.29, 0.717) is 28.8 Å². The summed E-state index contributed by atoms with van der Waals surface area (Å²) >= 11 is 3.38. The quantitative estimate of drug-likeness (QED) is 0.415. The summed E-state index contributed by atoms with van der Waals surface area (Å²) in [5.74, 6) is -0.542. The van der Waals surface area contributed by atoms with E-state index >= 15 is 0 Å². The van der Waals surface area contributed by atoms with Gasteiger partial charge < -0.3 is 9.16 Å². The Balaban J connectivity index is 1.96. The van der Waals surface area contributed by atoms with E-state index in [4.69, 9.17) is 9.16 Å². The van der Waals surface area contributed by atoms with Gasteiger partial charge in [0.05, 0.1) is 16.8 Å². The molecule has 0 aromatic heterocycles. The van der Waals surface area contributed by atoms with Crippen LogP contribution in [-0.4, -0.2) is 33.2 Å². The van der Waals surface area contributed by atoms with Crippen molar-refractivity contribution < 1.29 is 18.3 Å². The molecule has 2 rings (SSSR count). The third kappa shape index (κ3) is 6.23. The number of ether oxygens (including phenoxy) is 1. The van der Waals surface area contributed by atoms with Gasteiger partial charge in [-0.2, -0.15) is 5.10 Å². The topological polar surface area (TPSA) is 59.9 Å². The molecule has 1 aromatic rings. The lowest BCUT2D eigenvalue weighted by atomic mass is 9.94. The second-order valence-electron chi connectivity index (χ2n) is 8.76. The number of nitrogens with one attached hydrogen (secondary N) is 1. The third-order valence-corrected chi connectivity index (χ3v) is 10.5. The summed E-state index contributed by atoms with van der Waals surface area (Å²) in [6.07, 6.45) is 4.07. The van der Waals surface area contributed by atoms with Gasteiger partial charge in [-0.3, -0.25) is 4.79 Å². The molecule has 0 bridgehead atoms. The van der Waals surface area contributed by atoms with Gasteiger partial charge in [0.15, 0.2) is 19.9 Å². The minimum Gasteiger partial charge on any atom is -0.485 e. The number of nitrogens with zero attached hydrogens (tertiary/aromatic N) is 1. The van der Waals surface area contributed by atoms with E-state index in [-0.39, 0.29) is 29.2 Å². The molecule has 1 aromatic carbocycles. The number of hydrogen-bond donors (Lipinski definition) is 1. The minimum atomic E-state index is -1.78. The van der Waals surface area contributed by atoms with Crippen LogP contribution in [0.3, 0.4) is 0 Å². The molecule has 1 unspecified atom stereocenters. The summed E-state index contributed by atoms with van der Waals surface area (Å²) in [5.41, 5.74) is 3.72. The smallest absolute Gasteiger partial charge is 0.240 e. The van der Waals surface area contributed by atoms with Crippen molar-refractivity contribution in [2.75, 3.05) is 13.2 Å². The van der Waals surface area contributed by atoms with Crippen LogP contribution in [0.15, 0.2) is 33.9 Å². The van der Waals surface area contributed by atoms with Crippen molar-refractivity contribution in [2.45, 2.75) is 52.2 Å². The maximum atomic E-state index is 14.6. The van der Waals surface area contributed by atoms with E-state index in [1.165, 1.54) is 6.07 Å². The molecule has 0 saturated carbocycles. The Bertz CT molecular complexity index is 796. The number of amides is 1. The lowest BCUT2D eigenvalue weighted by molar-refractivity contribution is -0.121. The van der Waals surface area contributed by atoms with Gasteiger partial charge in [0.25, 0.3) is 0 Å². The molecule has 1 aliphatic heterocycles. The minimum absolute atomic E-state index is 0.0781. The number of hydrogen-bond acceptors (Lipinski definition) is 4. The van der Waals surface area contributed by atoms with E-state index < -0.39 is 14.1 Å². The SMILES string of the molecule is CC1CC(=O)NN=C1c1cc(F)c(OC/C=C\CO[Si](C)(C)C(C)(C)C)c(Br)c1. The van der Waals surface area contributed by atoms with Gasteiger partial charge in [-0.25, -0.2) is 9.82 Å². The number of rotatable bonds is 7. The monoisotopic (exact) mass is 484 g/mol. The maximum absolute atomic E-state index is 14.6. The van der Waals surface area contributed by atoms with Gasteiger partial charge in [0.2, 0.25) is 5.91 Å². The zero-order chi connectivity index (χ0) is 21.8. The molecule has 5 nitrogen and oxygen atoms in total. The number of carbonyl (C=O) groups is 1. The highest BCUT2D eigenvalue weighted by Crippen LogP contribution is 2.36. The molecule has 0 spiro atoms. The highest BCUT2D eigenvalue weighted by atomic mass is 79.9. The predicted octanol–water partition coefficient (Wildman–Crippen LogP) is 5.41. The summed E-state index contributed by atoms with van der Waals surface area (Å²) in [7, 11) is -1.78. The zero-order valence-corrected chi connectivity index (χ0v) is 20.5. The Morgan fingerprint density at radius 3 is 2.55 bits per heavy atom. The van der Waals surface area contributed by atoms with Gasteiger partial charge in [0.1, 0.15) is 6.61 Å². The molecule has 0 aliphatic carbocycles. The molecule has 0 saturated heterocycles. The lowest BCUT2D eigenvalue weighted by Gasteiger charge is -2.35. The summed E-state index contributed by atoms with van der Waals surface area (Å²) in [6.45, 7) is 13.7. The number of halogens is 2. The Labute approximate surface area is 182 Å². The van der Waals surface area contributed by atoms with Gasteiger partial charge in [0, 0.05) is 17.9 Å². The zero-order valence-electron chi connectivity index (χ0n) is 17.9. The van der Waals surface area contributed by atoms with Crippen molar-refractivity contribution in [1.29, 1.82) is 0 Å². The van der Waals surface area contributed by atoms with Gasteiger partial charge >= 0.3 is 0 Å². The average molecular weight is 485 g/mol. The molecular formula is C21H30BrFN2O3Si. The number of carbonyl (C=O) groups excluding carboxylic acids is 1. The fraction of sp³-hybridized carbons (Fsp3) is 0.524. The van der Waals surface area contributed by atoms with Crippen molar-refractivity contribution in [3.05, 3.63) is 40.1 Å². The summed E-state index contributed by atoms with van der Waals surface area (Å²) < 4.78 is 26.8. The van der Waals surface area contributed by atoms with Crippen LogP contribution < -0.4 is 10.2 Å². The highest BCUT2D eigenvalue weighted by Gasteiger charge is 2.36. The second kappa shape index (κ2) is 9.53. The van der Waals surface area contributed by atoms with Crippen molar-refractivity contribution in [2.24, 2.45) is 11.0 Å². The van der Waals surface area contributed by atoms with E-state index in [0.717, 1.165) is 0 Å². The molecule has 0 fully saturated rings. The molecule has 1 aliphatic rings. The van der Waals surface area contributed by atoms with Crippen LogP contribution in [0.25, 0.3) is 0 Å². The largest absolute Gasteiger partial charge is 0.485 e. The van der Waals surface area contributed by atoms with Gasteiger partial charge in [-0.15, -0.1) is 0 Å². The highest BCUT2D eigenvalue weighted by molar-refractivity contribution is 9.10. The first-order chi connectivity index (χ1) is 13.4. The Morgan fingerprint density at radius 1 is 1.31 bits per heavy atom. The van der Waals surface area contributed by atoms with E-state index in [1.54, 1.807) is 6.07 Å². The summed E-state index contributed by atoms with van der Waals surface area (Å²) in [4.78, 5) is 11.4. The van der Waals surface area contributed by atoms with Crippen molar-refractivity contribution in [3.8, 4) is 5.75 Å². The first-order valence-corrected chi connectivity index (χ1v) is 13.4. The molecular weight excluding hydrogens is 455 g/mol. The maximum Gasteiger partial charge on any atom is 0.240 e. The predicted molar refractivity (Wildman–Crippen MR) is 120 cm³/mol. The lowest BCUT2D eigenvalue weighted by Crippen LogP contribution is -2.40. The van der Waals surface area contributed by atoms with E-state index in [2.05, 4.69) is 60.3 Å². The van der Waals surface area contributed by atoms with Crippen LogP contribution in [0.4, 0.5) is 4.39 Å². The van der Waals surface area contributed by atoms with E-state index in [9.17, 15) is 9.18 Å². The molecule has 1 amide bonds. The number of benzene rings is 1. The molecule has 29 heavy (non-hydrogen) atoms. The molecule has 1 heterocycles.